The SMILES string of the molecule is CC(c1nccs1)N(CC(=O)O)C1CC1. The molecule has 15 heavy (non-hydrogen) atoms. The zero-order valence-electron chi connectivity index (χ0n) is 8.59. The van der Waals surface area contributed by atoms with E-state index < -0.39 is 5.97 Å². The zero-order valence-corrected chi connectivity index (χ0v) is 9.41. The lowest BCUT2D eigenvalue weighted by atomic mass is 10.3. The van der Waals surface area contributed by atoms with Gasteiger partial charge in [0, 0.05) is 17.6 Å². The van der Waals surface area contributed by atoms with Crippen LogP contribution in [-0.4, -0.2) is 33.5 Å². The summed E-state index contributed by atoms with van der Waals surface area (Å²) in [4.78, 5) is 17.0. The van der Waals surface area contributed by atoms with Gasteiger partial charge in [-0.05, 0) is 19.8 Å². The summed E-state index contributed by atoms with van der Waals surface area (Å²) in [6, 6.07) is 0.564. The molecule has 5 heteroatoms. The third-order valence-corrected chi connectivity index (χ3v) is 3.59. The summed E-state index contributed by atoms with van der Waals surface area (Å²) in [5.41, 5.74) is 0. The van der Waals surface area contributed by atoms with Crippen LogP contribution in [0.1, 0.15) is 30.8 Å². The highest BCUT2D eigenvalue weighted by Crippen LogP contribution is 2.34. The molecule has 1 saturated carbocycles. The third-order valence-electron chi connectivity index (χ3n) is 2.64. The number of rotatable bonds is 5. The van der Waals surface area contributed by atoms with E-state index in [4.69, 9.17) is 5.11 Å². The molecule has 1 aromatic rings. The first-order valence-corrected chi connectivity index (χ1v) is 5.93. The number of carboxylic acid groups (broad SMARTS) is 1. The van der Waals surface area contributed by atoms with Crippen molar-refractivity contribution in [3.63, 3.8) is 0 Å². The first-order chi connectivity index (χ1) is 7.18. The Hall–Kier alpha value is -0.940. The first kappa shape index (κ1) is 10.6. The average Bonchev–Trinajstić information content (AvgIpc) is 2.88. The van der Waals surface area contributed by atoms with Gasteiger partial charge in [0.05, 0.1) is 12.6 Å². The molecule has 0 bridgehead atoms. The molecule has 0 aliphatic heterocycles. The van der Waals surface area contributed by atoms with Gasteiger partial charge >= 0.3 is 5.97 Å². The monoisotopic (exact) mass is 226 g/mol. The van der Waals surface area contributed by atoms with Gasteiger partial charge in [0.1, 0.15) is 5.01 Å². The van der Waals surface area contributed by atoms with E-state index in [1.165, 1.54) is 0 Å². The third kappa shape index (κ3) is 2.54. The Labute approximate surface area is 92.6 Å². The molecule has 1 aromatic heterocycles. The van der Waals surface area contributed by atoms with Crippen molar-refractivity contribution in [2.75, 3.05) is 6.54 Å². The van der Waals surface area contributed by atoms with Gasteiger partial charge in [0.2, 0.25) is 0 Å². The Kier molecular flexibility index (Phi) is 3.02. The number of thiazole rings is 1. The molecule has 1 unspecified atom stereocenters. The second-order valence-corrected chi connectivity index (χ2v) is 4.77. The summed E-state index contributed by atoms with van der Waals surface area (Å²) in [5, 5.41) is 11.8. The minimum Gasteiger partial charge on any atom is -0.480 e. The number of aliphatic carboxylic acids is 1. The molecule has 0 spiro atoms. The van der Waals surface area contributed by atoms with Crippen LogP contribution in [0.4, 0.5) is 0 Å². The van der Waals surface area contributed by atoms with Crippen LogP contribution in [-0.2, 0) is 4.79 Å². The fourth-order valence-electron chi connectivity index (χ4n) is 1.73. The fourth-order valence-corrected chi connectivity index (χ4v) is 2.44. The summed E-state index contributed by atoms with van der Waals surface area (Å²) in [5.74, 6) is -0.759. The van der Waals surface area contributed by atoms with E-state index in [0.717, 1.165) is 17.8 Å². The maximum Gasteiger partial charge on any atom is 0.317 e. The molecule has 0 amide bonds. The van der Waals surface area contributed by atoms with Crippen molar-refractivity contribution in [2.24, 2.45) is 0 Å². The Bertz CT molecular complexity index is 335. The number of aromatic nitrogens is 1. The molecule has 1 atom stereocenters. The molecular weight excluding hydrogens is 212 g/mol. The molecule has 1 heterocycles. The molecular formula is C10H14N2O2S. The van der Waals surface area contributed by atoms with Crippen LogP contribution >= 0.6 is 11.3 Å². The van der Waals surface area contributed by atoms with E-state index in [2.05, 4.69) is 4.98 Å². The zero-order chi connectivity index (χ0) is 10.8. The molecule has 1 aliphatic carbocycles. The second kappa shape index (κ2) is 4.28. The van der Waals surface area contributed by atoms with Gasteiger partial charge in [0.15, 0.2) is 0 Å². The van der Waals surface area contributed by atoms with Gasteiger partial charge in [-0.3, -0.25) is 9.69 Å². The van der Waals surface area contributed by atoms with Crippen LogP contribution in [0.15, 0.2) is 11.6 Å². The van der Waals surface area contributed by atoms with Crippen LogP contribution in [0.3, 0.4) is 0 Å². The van der Waals surface area contributed by atoms with Crippen molar-refractivity contribution in [3.05, 3.63) is 16.6 Å². The summed E-state index contributed by atoms with van der Waals surface area (Å²) in [6.07, 6.45) is 3.99. The van der Waals surface area contributed by atoms with E-state index in [9.17, 15) is 4.79 Å². The summed E-state index contributed by atoms with van der Waals surface area (Å²) < 4.78 is 0. The fraction of sp³-hybridized carbons (Fsp3) is 0.600. The summed E-state index contributed by atoms with van der Waals surface area (Å²) in [7, 11) is 0. The highest BCUT2D eigenvalue weighted by atomic mass is 32.1. The van der Waals surface area contributed by atoms with Crippen LogP contribution < -0.4 is 0 Å². The first-order valence-electron chi connectivity index (χ1n) is 5.05. The van der Waals surface area contributed by atoms with Crippen molar-refractivity contribution in [1.82, 2.24) is 9.88 Å². The van der Waals surface area contributed by atoms with E-state index >= 15 is 0 Å². The minimum atomic E-state index is -0.759. The molecule has 0 aromatic carbocycles. The molecule has 1 fully saturated rings. The van der Waals surface area contributed by atoms with Crippen molar-refractivity contribution >= 4 is 17.3 Å². The Morgan fingerprint density at radius 3 is 3.00 bits per heavy atom. The van der Waals surface area contributed by atoms with Gasteiger partial charge in [0.25, 0.3) is 0 Å². The normalized spacial score (nSPS) is 18.0. The molecule has 4 nitrogen and oxygen atoms in total. The smallest absolute Gasteiger partial charge is 0.317 e. The number of nitrogens with zero attached hydrogens (tertiary/aromatic N) is 2. The van der Waals surface area contributed by atoms with E-state index in [1.807, 2.05) is 17.2 Å². The van der Waals surface area contributed by atoms with Gasteiger partial charge in [-0.15, -0.1) is 11.3 Å². The van der Waals surface area contributed by atoms with E-state index in [0.29, 0.717) is 6.04 Å². The van der Waals surface area contributed by atoms with Crippen LogP contribution in [0.2, 0.25) is 0 Å². The van der Waals surface area contributed by atoms with Gasteiger partial charge in [-0.25, -0.2) is 4.98 Å². The van der Waals surface area contributed by atoms with Gasteiger partial charge in [-0.1, -0.05) is 0 Å². The van der Waals surface area contributed by atoms with Crippen molar-refractivity contribution in [1.29, 1.82) is 0 Å². The molecule has 1 N–H and O–H groups in total. The molecule has 0 radical (unpaired) electrons. The lowest BCUT2D eigenvalue weighted by molar-refractivity contribution is -0.139. The van der Waals surface area contributed by atoms with E-state index in [-0.39, 0.29) is 12.6 Å². The molecule has 82 valence electrons. The molecule has 1 aliphatic rings. The van der Waals surface area contributed by atoms with Crippen molar-refractivity contribution in [3.8, 4) is 0 Å². The average molecular weight is 226 g/mol. The van der Waals surface area contributed by atoms with E-state index in [1.54, 1.807) is 17.5 Å². The maximum atomic E-state index is 10.8. The minimum absolute atomic E-state index is 0.116. The predicted octanol–water partition coefficient (Wildman–Crippen LogP) is 1.75. The van der Waals surface area contributed by atoms with Crippen LogP contribution in [0.5, 0.6) is 0 Å². The van der Waals surface area contributed by atoms with Crippen LogP contribution in [0.25, 0.3) is 0 Å². The van der Waals surface area contributed by atoms with Crippen molar-refractivity contribution in [2.45, 2.75) is 31.8 Å². The predicted molar refractivity (Wildman–Crippen MR) is 57.9 cm³/mol. The maximum absolute atomic E-state index is 10.8. The number of carbonyl (C=O) groups is 1. The quantitative estimate of drug-likeness (QED) is 0.831. The van der Waals surface area contributed by atoms with Gasteiger partial charge < -0.3 is 5.11 Å². The summed E-state index contributed by atoms with van der Waals surface area (Å²) >= 11 is 1.59. The standard InChI is InChI=1S/C10H14N2O2S/c1-7(10-11-4-5-15-10)12(6-9(13)14)8-2-3-8/h4-5,7-8H,2-3,6H2,1H3,(H,13,14). The highest BCUT2D eigenvalue weighted by Gasteiger charge is 2.34. The lowest BCUT2D eigenvalue weighted by Gasteiger charge is -2.25. The van der Waals surface area contributed by atoms with Gasteiger partial charge in [-0.2, -0.15) is 0 Å². The van der Waals surface area contributed by atoms with Crippen LogP contribution in [0, 0.1) is 0 Å². The lowest BCUT2D eigenvalue weighted by Crippen LogP contribution is -2.34. The summed E-state index contributed by atoms with van der Waals surface area (Å²) in [6.45, 7) is 2.14. The Morgan fingerprint density at radius 1 is 1.80 bits per heavy atom. The Morgan fingerprint density at radius 2 is 2.53 bits per heavy atom. The topological polar surface area (TPSA) is 53.4 Å². The molecule has 2 rings (SSSR count). The number of hydrogen-bond acceptors (Lipinski definition) is 4. The highest BCUT2D eigenvalue weighted by molar-refractivity contribution is 7.09. The Balaban J connectivity index is 2.07. The number of carboxylic acids is 1. The molecule has 0 saturated heterocycles. The number of hydrogen-bond donors (Lipinski definition) is 1. The largest absolute Gasteiger partial charge is 0.480 e. The van der Waals surface area contributed by atoms with Crippen molar-refractivity contribution < 1.29 is 9.90 Å². The second-order valence-electron chi connectivity index (χ2n) is 3.84.